The molecule has 4 nitrogen and oxygen atoms in total. The van der Waals surface area contributed by atoms with E-state index in [-0.39, 0.29) is 18.4 Å². The number of aliphatic carboxylic acids is 1. The van der Waals surface area contributed by atoms with Gasteiger partial charge in [-0.25, -0.2) is 4.39 Å². The van der Waals surface area contributed by atoms with Crippen molar-refractivity contribution in [3.63, 3.8) is 0 Å². The maximum Gasteiger partial charge on any atom is 0.303 e. The molecule has 0 saturated carbocycles. The van der Waals surface area contributed by atoms with Gasteiger partial charge in [-0.3, -0.25) is 4.79 Å². The first-order valence-electron chi connectivity index (χ1n) is 9.94. The third kappa shape index (κ3) is 14.1. The summed E-state index contributed by atoms with van der Waals surface area (Å²) < 4.78 is 24.9. The molecule has 0 saturated heterocycles. The summed E-state index contributed by atoms with van der Waals surface area (Å²) in [6.45, 7) is 11.1. The predicted molar refractivity (Wildman–Crippen MR) is 117 cm³/mol. The largest absolute Gasteiger partial charge is 0.501 e. The van der Waals surface area contributed by atoms with Crippen molar-refractivity contribution in [1.29, 1.82) is 0 Å². The van der Waals surface area contributed by atoms with Gasteiger partial charge in [0.2, 0.25) is 0 Å². The molecule has 0 aliphatic rings. The summed E-state index contributed by atoms with van der Waals surface area (Å²) in [4.78, 5) is 10.7. The highest BCUT2D eigenvalue weighted by Gasteiger charge is 2.12. The number of allylic oxidation sites excluding steroid dienone is 9. The van der Waals surface area contributed by atoms with E-state index in [0.29, 0.717) is 32.1 Å². The van der Waals surface area contributed by atoms with E-state index in [9.17, 15) is 9.18 Å². The van der Waals surface area contributed by atoms with Gasteiger partial charge < -0.3 is 14.6 Å². The number of rotatable bonds is 16. The lowest BCUT2D eigenvalue weighted by molar-refractivity contribution is -0.136. The van der Waals surface area contributed by atoms with Crippen LogP contribution in [0.25, 0.3) is 0 Å². The van der Waals surface area contributed by atoms with Gasteiger partial charge in [-0.15, -0.1) is 0 Å². The average Bonchev–Trinajstić information content (AvgIpc) is 2.66. The molecule has 1 N–H and O–H groups in total. The van der Waals surface area contributed by atoms with Crippen LogP contribution in [0.2, 0.25) is 0 Å². The number of methoxy groups -OCH3 is 1. The molecule has 0 aliphatic heterocycles. The fraction of sp³-hybridized carbons (Fsp3) is 0.458. The van der Waals surface area contributed by atoms with Crippen LogP contribution in [-0.4, -0.2) is 24.3 Å². The van der Waals surface area contributed by atoms with Gasteiger partial charge >= 0.3 is 5.97 Å². The van der Waals surface area contributed by atoms with Crippen LogP contribution in [0.4, 0.5) is 4.39 Å². The van der Waals surface area contributed by atoms with Crippen molar-refractivity contribution in [2.24, 2.45) is 0 Å². The first-order chi connectivity index (χ1) is 13.9. The van der Waals surface area contributed by atoms with E-state index in [1.807, 2.05) is 26.0 Å². The Morgan fingerprint density at radius 3 is 2.41 bits per heavy atom. The first-order valence-corrected chi connectivity index (χ1v) is 9.94. The third-order valence-electron chi connectivity index (χ3n) is 4.13. The molecular formula is C24H35FO4. The average molecular weight is 407 g/mol. The monoisotopic (exact) mass is 406 g/mol. The fourth-order valence-electron chi connectivity index (χ4n) is 2.69. The maximum atomic E-state index is 13.5. The molecule has 1 unspecified atom stereocenters. The quantitative estimate of drug-likeness (QED) is 0.226. The number of carboxylic acids is 1. The van der Waals surface area contributed by atoms with E-state index in [1.54, 1.807) is 19.3 Å². The summed E-state index contributed by atoms with van der Waals surface area (Å²) in [5, 5.41) is 8.75. The van der Waals surface area contributed by atoms with Crippen LogP contribution in [0.15, 0.2) is 72.5 Å². The summed E-state index contributed by atoms with van der Waals surface area (Å²) in [6.07, 6.45) is 13.7. The molecule has 0 aromatic heterocycles. The molecule has 0 bridgehead atoms. The second-order valence-corrected chi connectivity index (χ2v) is 6.59. The minimum absolute atomic E-state index is 0.0712. The second kappa shape index (κ2) is 16.4. The van der Waals surface area contributed by atoms with Crippen LogP contribution in [0.3, 0.4) is 0 Å². The van der Waals surface area contributed by atoms with Crippen molar-refractivity contribution in [3.05, 3.63) is 72.5 Å². The van der Waals surface area contributed by atoms with Gasteiger partial charge in [0.15, 0.2) is 0 Å². The van der Waals surface area contributed by atoms with Crippen LogP contribution in [0.5, 0.6) is 0 Å². The molecule has 0 spiro atoms. The Hall–Kier alpha value is -2.56. The van der Waals surface area contributed by atoms with E-state index in [1.165, 1.54) is 12.2 Å². The fourth-order valence-corrected chi connectivity index (χ4v) is 2.69. The van der Waals surface area contributed by atoms with E-state index < -0.39 is 5.97 Å². The number of carboxylic acid groups (broad SMARTS) is 1. The van der Waals surface area contributed by atoms with Gasteiger partial charge in [0, 0.05) is 12.8 Å². The molecule has 0 fully saturated rings. The molecule has 162 valence electrons. The Labute approximate surface area is 174 Å². The highest BCUT2D eigenvalue weighted by Crippen LogP contribution is 2.20. The number of ether oxygens (including phenoxy) is 2. The minimum atomic E-state index is -0.833. The third-order valence-corrected chi connectivity index (χ3v) is 4.13. The summed E-state index contributed by atoms with van der Waals surface area (Å²) in [5.41, 5.74) is 1.02. The Kier molecular flexibility index (Phi) is 15.0. The normalized spacial score (nSPS) is 14.3. The predicted octanol–water partition coefficient (Wildman–Crippen LogP) is 6.79. The van der Waals surface area contributed by atoms with Gasteiger partial charge in [-0.2, -0.15) is 0 Å². The SMILES string of the molecule is C=C/C=C(\C=C(/C)OC(CC)C/C(=C\CCC(=O)O)OC)CCC/C(F)=C\C=C. The molecule has 0 radical (unpaired) electrons. The first kappa shape index (κ1) is 26.4. The van der Waals surface area contributed by atoms with E-state index in [4.69, 9.17) is 14.6 Å². The Balaban J connectivity index is 4.89. The lowest BCUT2D eigenvalue weighted by Crippen LogP contribution is -2.12. The zero-order chi connectivity index (χ0) is 22.1. The van der Waals surface area contributed by atoms with Crippen molar-refractivity contribution >= 4 is 5.97 Å². The number of halogens is 1. The molecule has 29 heavy (non-hydrogen) atoms. The van der Waals surface area contributed by atoms with Crippen molar-refractivity contribution < 1.29 is 23.8 Å². The Bertz CT molecular complexity index is 641. The molecule has 0 rings (SSSR count). The second-order valence-electron chi connectivity index (χ2n) is 6.59. The van der Waals surface area contributed by atoms with Crippen LogP contribution < -0.4 is 0 Å². The molecule has 5 heteroatoms. The molecule has 0 amide bonds. The maximum absolute atomic E-state index is 13.5. The molecule has 0 heterocycles. The molecule has 1 atom stereocenters. The highest BCUT2D eigenvalue weighted by atomic mass is 19.1. The zero-order valence-corrected chi connectivity index (χ0v) is 18.0. The van der Waals surface area contributed by atoms with Crippen LogP contribution >= 0.6 is 0 Å². The smallest absolute Gasteiger partial charge is 0.303 e. The Morgan fingerprint density at radius 1 is 1.17 bits per heavy atom. The summed E-state index contributed by atoms with van der Waals surface area (Å²) >= 11 is 0. The van der Waals surface area contributed by atoms with Gasteiger partial charge in [0.1, 0.15) is 6.10 Å². The van der Waals surface area contributed by atoms with Crippen LogP contribution in [0, 0.1) is 0 Å². The van der Waals surface area contributed by atoms with E-state index >= 15 is 0 Å². The van der Waals surface area contributed by atoms with Gasteiger partial charge in [0.05, 0.1) is 24.5 Å². The number of carbonyl (C=O) groups is 1. The zero-order valence-electron chi connectivity index (χ0n) is 18.0. The highest BCUT2D eigenvalue weighted by molar-refractivity contribution is 5.66. The van der Waals surface area contributed by atoms with Crippen molar-refractivity contribution in [3.8, 4) is 0 Å². The van der Waals surface area contributed by atoms with Gasteiger partial charge in [-0.05, 0) is 62.8 Å². The van der Waals surface area contributed by atoms with Crippen molar-refractivity contribution in [1.82, 2.24) is 0 Å². The lowest BCUT2D eigenvalue weighted by Gasteiger charge is -2.19. The molecule has 0 aromatic rings. The molecule has 0 aliphatic carbocycles. The number of hydrogen-bond acceptors (Lipinski definition) is 3. The van der Waals surface area contributed by atoms with Gasteiger partial charge in [0.25, 0.3) is 0 Å². The Morgan fingerprint density at radius 2 is 1.86 bits per heavy atom. The standard InChI is InChI=1S/C24H35FO4/c1-6-11-20(13-9-14-21(25)12-7-2)17-19(4)29-22(8-3)18-23(28-5)15-10-16-24(26)27/h6-7,11-12,15,17,22H,1-2,8-10,13-14,16,18H2,3-5H3,(H,26,27)/b19-17+,20-11-,21-12+,23-15+. The molecule has 0 aromatic carbocycles. The van der Waals surface area contributed by atoms with Crippen LogP contribution in [-0.2, 0) is 14.3 Å². The summed E-state index contributed by atoms with van der Waals surface area (Å²) in [7, 11) is 1.58. The van der Waals surface area contributed by atoms with Crippen molar-refractivity contribution in [2.75, 3.05) is 7.11 Å². The van der Waals surface area contributed by atoms with Gasteiger partial charge in [-0.1, -0.05) is 38.3 Å². The van der Waals surface area contributed by atoms with Crippen LogP contribution in [0.1, 0.15) is 58.8 Å². The minimum Gasteiger partial charge on any atom is -0.501 e. The number of hydrogen-bond donors (Lipinski definition) is 1. The van der Waals surface area contributed by atoms with Crippen molar-refractivity contribution in [2.45, 2.75) is 64.9 Å². The van der Waals surface area contributed by atoms with E-state index in [0.717, 1.165) is 23.5 Å². The lowest BCUT2D eigenvalue weighted by atomic mass is 10.1. The summed E-state index contributed by atoms with van der Waals surface area (Å²) in [6, 6.07) is 0. The summed E-state index contributed by atoms with van der Waals surface area (Å²) in [5.74, 6) is 0.466. The van der Waals surface area contributed by atoms with E-state index in [2.05, 4.69) is 13.2 Å². The molecular weight excluding hydrogens is 371 g/mol. The topological polar surface area (TPSA) is 55.8 Å².